The Morgan fingerprint density at radius 1 is 1.17 bits per heavy atom. The van der Waals surface area contributed by atoms with E-state index in [1.165, 1.54) is 19.3 Å². The van der Waals surface area contributed by atoms with Crippen molar-refractivity contribution in [1.82, 2.24) is 15.5 Å². The lowest BCUT2D eigenvalue weighted by atomic mass is 9.88. The average molecular weight is 417 g/mol. The summed E-state index contributed by atoms with van der Waals surface area (Å²) in [6.07, 6.45) is 7.54. The number of nitrogens with zero attached hydrogens (tertiary/aromatic N) is 2. The van der Waals surface area contributed by atoms with Gasteiger partial charge in [0.15, 0.2) is 5.96 Å². The molecule has 2 aliphatic rings. The molecule has 2 fully saturated rings. The highest BCUT2D eigenvalue weighted by atomic mass is 16.5. The van der Waals surface area contributed by atoms with E-state index in [4.69, 9.17) is 9.47 Å². The smallest absolute Gasteiger partial charge is 0.225 e. The number of hydrogen-bond donors (Lipinski definition) is 2. The van der Waals surface area contributed by atoms with Gasteiger partial charge in [-0.05, 0) is 49.4 Å². The molecule has 0 radical (unpaired) electrons. The molecule has 1 heterocycles. The van der Waals surface area contributed by atoms with Crippen molar-refractivity contribution in [3.8, 4) is 11.5 Å². The highest BCUT2D eigenvalue weighted by Gasteiger charge is 2.31. The van der Waals surface area contributed by atoms with Gasteiger partial charge in [-0.3, -0.25) is 9.79 Å². The van der Waals surface area contributed by atoms with Gasteiger partial charge >= 0.3 is 0 Å². The molecular formula is C23H36N4O3. The third kappa shape index (κ3) is 5.80. The number of hydrogen-bond acceptors (Lipinski definition) is 4. The summed E-state index contributed by atoms with van der Waals surface area (Å²) < 4.78 is 10.8. The average Bonchev–Trinajstić information content (AvgIpc) is 3.26. The standard InChI is InChI=1S/C23H36N4O3/c1-24-23(25-13-11-18-15-20(29-2)9-10-21(18)30-3)26-19-12-14-27(16-19)22(28)17-7-5-4-6-8-17/h9-10,15,17,19H,4-8,11-14,16H2,1-3H3,(H2,24,25,26). The SMILES string of the molecule is CN=C(NCCc1cc(OC)ccc1OC)NC1CCN(C(=O)C2CCCCC2)C1. The van der Waals surface area contributed by atoms with Crippen molar-refractivity contribution in [3.05, 3.63) is 23.8 Å². The Labute approximate surface area is 180 Å². The van der Waals surface area contributed by atoms with Crippen LogP contribution in [0.2, 0.25) is 0 Å². The molecule has 1 aromatic carbocycles. The number of amides is 1. The van der Waals surface area contributed by atoms with E-state index in [0.717, 1.165) is 68.3 Å². The van der Waals surface area contributed by atoms with E-state index in [0.29, 0.717) is 5.91 Å². The molecule has 7 heteroatoms. The molecule has 3 rings (SSSR count). The zero-order chi connectivity index (χ0) is 21.3. The zero-order valence-electron chi connectivity index (χ0n) is 18.6. The van der Waals surface area contributed by atoms with Gasteiger partial charge in [0, 0.05) is 38.6 Å². The molecule has 1 unspecified atom stereocenters. The number of rotatable bonds is 7. The van der Waals surface area contributed by atoms with Crippen molar-refractivity contribution in [2.75, 3.05) is 40.9 Å². The Kier molecular flexibility index (Phi) is 8.22. The van der Waals surface area contributed by atoms with Crippen LogP contribution in [0.1, 0.15) is 44.1 Å². The molecule has 0 aromatic heterocycles. The number of likely N-dealkylation sites (tertiary alicyclic amines) is 1. The minimum Gasteiger partial charge on any atom is -0.497 e. The van der Waals surface area contributed by atoms with Crippen LogP contribution in [0.4, 0.5) is 0 Å². The summed E-state index contributed by atoms with van der Waals surface area (Å²) in [4.78, 5) is 19.2. The summed E-state index contributed by atoms with van der Waals surface area (Å²) in [6.45, 7) is 2.32. The summed E-state index contributed by atoms with van der Waals surface area (Å²) in [6, 6.07) is 6.08. The maximum absolute atomic E-state index is 12.8. The topological polar surface area (TPSA) is 75.2 Å². The van der Waals surface area contributed by atoms with Crippen molar-refractivity contribution in [3.63, 3.8) is 0 Å². The predicted molar refractivity (Wildman–Crippen MR) is 119 cm³/mol. The van der Waals surface area contributed by atoms with Crippen LogP contribution in [-0.2, 0) is 11.2 Å². The van der Waals surface area contributed by atoms with Gasteiger partial charge in [0.25, 0.3) is 0 Å². The summed E-state index contributed by atoms with van der Waals surface area (Å²) in [7, 11) is 5.13. The first kappa shape index (κ1) is 22.2. The Hall–Kier alpha value is -2.44. The van der Waals surface area contributed by atoms with Gasteiger partial charge < -0.3 is 25.0 Å². The molecule has 1 aromatic rings. The molecule has 30 heavy (non-hydrogen) atoms. The second kappa shape index (κ2) is 11.1. The summed E-state index contributed by atoms with van der Waals surface area (Å²) in [5.74, 6) is 3.05. The fourth-order valence-electron chi connectivity index (χ4n) is 4.47. The van der Waals surface area contributed by atoms with Gasteiger partial charge in [0.2, 0.25) is 5.91 Å². The summed E-state index contributed by atoms with van der Waals surface area (Å²) >= 11 is 0. The maximum atomic E-state index is 12.8. The molecule has 1 saturated heterocycles. The molecule has 1 saturated carbocycles. The highest BCUT2D eigenvalue weighted by molar-refractivity contribution is 5.81. The summed E-state index contributed by atoms with van der Waals surface area (Å²) in [5, 5.41) is 6.86. The van der Waals surface area contributed by atoms with E-state index in [1.807, 2.05) is 23.1 Å². The van der Waals surface area contributed by atoms with Crippen LogP contribution in [0.5, 0.6) is 11.5 Å². The zero-order valence-corrected chi connectivity index (χ0v) is 18.6. The van der Waals surface area contributed by atoms with Crippen LogP contribution in [-0.4, -0.2) is 63.7 Å². The first-order valence-corrected chi connectivity index (χ1v) is 11.1. The molecule has 1 aliphatic carbocycles. The predicted octanol–water partition coefficient (Wildman–Crippen LogP) is 2.59. The van der Waals surface area contributed by atoms with Crippen molar-refractivity contribution in [2.45, 2.75) is 51.0 Å². The van der Waals surface area contributed by atoms with E-state index >= 15 is 0 Å². The van der Waals surface area contributed by atoms with E-state index in [1.54, 1.807) is 21.3 Å². The van der Waals surface area contributed by atoms with Crippen LogP contribution >= 0.6 is 0 Å². The van der Waals surface area contributed by atoms with Gasteiger partial charge in [-0.1, -0.05) is 19.3 Å². The second-order valence-corrected chi connectivity index (χ2v) is 8.18. The van der Waals surface area contributed by atoms with Crippen molar-refractivity contribution in [2.24, 2.45) is 10.9 Å². The van der Waals surface area contributed by atoms with Gasteiger partial charge in [0.05, 0.1) is 14.2 Å². The number of benzene rings is 1. The molecule has 7 nitrogen and oxygen atoms in total. The van der Waals surface area contributed by atoms with Crippen molar-refractivity contribution >= 4 is 11.9 Å². The van der Waals surface area contributed by atoms with Gasteiger partial charge in [0.1, 0.15) is 11.5 Å². The van der Waals surface area contributed by atoms with Crippen LogP contribution in [0.3, 0.4) is 0 Å². The lowest BCUT2D eigenvalue weighted by Gasteiger charge is -2.26. The third-order valence-corrected chi connectivity index (χ3v) is 6.19. The fraction of sp³-hybridized carbons (Fsp3) is 0.652. The van der Waals surface area contributed by atoms with Gasteiger partial charge in [-0.15, -0.1) is 0 Å². The van der Waals surface area contributed by atoms with E-state index in [2.05, 4.69) is 15.6 Å². The van der Waals surface area contributed by atoms with Crippen LogP contribution in [0.25, 0.3) is 0 Å². The van der Waals surface area contributed by atoms with Crippen molar-refractivity contribution < 1.29 is 14.3 Å². The van der Waals surface area contributed by atoms with E-state index in [-0.39, 0.29) is 12.0 Å². The maximum Gasteiger partial charge on any atom is 0.225 e. The first-order valence-electron chi connectivity index (χ1n) is 11.1. The van der Waals surface area contributed by atoms with Gasteiger partial charge in [-0.25, -0.2) is 0 Å². The Balaban J connectivity index is 1.45. The van der Waals surface area contributed by atoms with Crippen molar-refractivity contribution in [1.29, 1.82) is 0 Å². The molecular weight excluding hydrogens is 380 g/mol. The number of nitrogens with one attached hydrogen (secondary N) is 2. The van der Waals surface area contributed by atoms with Crippen LogP contribution in [0.15, 0.2) is 23.2 Å². The number of ether oxygens (including phenoxy) is 2. The van der Waals surface area contributed by atoms with E-state index in [9.17, 15) is 4.79 Å². The third-order valence-electron chi connectivity index (χ3n) is 6.19. The lowest BCUT2D eigenvalue weighted by molar-refractivity contribution is -0.135. The van der Waals surface area contributed by atoms with Crippen LogP contribution in [0, 0.1) is 5.92 Å². The minimum atomic E-state index is 0.243. The lowest BCUT2D eigenvalue weighted by Crippen LogP contribution is -2.46. The quantitative estimate of drug-likeness (QED) is 0.528. The summed E-state index contributed by atoms with van der Waals surface area (Å²) in [5.41, 5.74) is 1.09. The number of methoxy groups -OCH3 is 2. The first-order chi connectivity index (χ1) is 14.6. The molecule has 0 spiro atoms. The molecule has 1 atom stereocenters. The molecule has 1 amide bonds. The highest BCUT2D eigenvalue weighted by Crippen LogP contribution is 2.27. The monoisotopic (exact) mass is 416 g/mol. The number of carbonyl (C=O) groups excluding carboxylic acids is 1. The number of aliphatic imine (C=N–C) groups is 1. The fourth-order valence-corrected chi connectivity index (χ4v) is 4.47. The Morgan fingerprint density at radius 2 is 1.97 bits per heavy atom. The Morgan fingerprint density at radius 3 is 2.67 bits per heavy atom. The molecule has 0 bridgehead atoms. The normalized spacial score (nSPS) is 20.2. The minimum absolute atomic E-state index is 0.243. The second-order valence-electron chi connectivity index (χ2n) is 8.18. The van der Waals surface area contributed by atoms with Crippen LogP contribution < -0.4 is 20.1 Å². The molecule has 166 valence electrons. The van der Waals surface area contributed by atoms with Gasteiger partial charge in [-0.2, -0.15) is 0 Å². The largest absolute Gasteiger partial charge is 0.497 e. The number of carbonyl (C=O) groups is 1. The van der Waals surface area contributed by atoms with E-state index < -0.39 is 0 Å². The molecule has 2 N–H and O–H groups in total. The Bertz CT molecular complexity index is 731. The molecule has 1 aliphatic heterocycles. The number of guanidine groups is 1.